The summed E-state index contributed by atoms with van der Waals surface area (Å²) in [6.45, 7) is 0.898. The molecule has 0 aliphatic heterocycles. The normalized spacial score (nSPS) is 12.1. The summed E-state index contributed by atoms with van der Waals surface area (Å²) in [6, 6.07) is 20.0. The Kier molecular flexibility index (Phi) is 4.95. The molecule has 2 aromatic rings. The Bertz CT molecular complexity index is 473. The predicted molar refractivity (Wildman–Crippen MR) is 77.0 cm³/mol. The van der Waals surface area contributed by atoms with Crippen molar-refractivity contribution in [1.29, 1.82) is 0 Å². The quantitative estimate of drug-likeness (QED) is 0.832. The summed E-state index contributed by atoms with van der Waals surface area (Å²) in [6.07, 6.45) is -0.732. The van der Waals surface area contributed by atoms with E-state index in [0.29, 0.717) is 13.1 Å². The second-order valence-electron chi connectivity index (χ2n) is 4.54. The van der Waals surface area contributed by atoms with Gasteiger partial charge in [0.05, 0.1) is 12.7 Å². The molecule has 2 rings (SSSR count). The van der Waals surface area contributed by atoms with Crippen LogP contribution in [0.15, 0.2) is 60.7 Å². The molecule has 100 valence electrons. The molecule has 0 aromatic heterocycles. The van der Waals surface area contributed by atoms with Gasteiger partial charge in [-0.3, -0.25) is 0 Å². The molecule has 0 saturated heterocycles. The van der Waals surface area contributed by atoms with Crippen LogP contribution in [0.3, 0.4) is 0 Å². The van der Waals surface area contributed by atoms with E-state index in [1.54, 1.807) is 0 Å². The van der Waals surface area contributed by atoms with E-state index in [4.69, 9.17) is 5.11 Å². The summed E-state index contributed by atoms with van der Waals surface area (Å²) in [4.78, 5) is 2.07. The van der Waals surface area contributed by atoms with Crippen LogP contribution in [0.2, 0.25) is 0 Å². The fourth-order valence-corrected chi connectivity index (χ4v) is 2.02. The average molecular weight is 257 g/mol. The van der Waals surface area contributed by atoms with Gasteiger partial charge in [0.25, 0.3) is 0 Å². The van der Waals surface area contributed by atoms with Crippen LogP contribution < -0.4 is 4.90 Å². The Hall–Kier alpha value is -1.84. The lowest BCUT2D eigenvalue weighted by molar-refractivity contribution is 0.0996. The topological polar surface area (TPSA) is 43.7 Å². The molecule has 0 saturated carbocycles. The zero-order valence-electron chi connectivity index (χ0n) is 10.8. The first-order chi connectivity index (χ1) is 9.29. The van der Waals surface area contributed by atoms with E-state index in [9.17, 15) is 5.11 Å². The Morgan fingerprint density at radius 3 is 2.05 bits per heavy atom. The number of rotatable bonds is 6. The highest BCUT2D eigenvalue weighted by Crippen LogP contribution is 2.17. The van der Waals surface area contributed by atoms with Crippen molar-refractivity contribution < 1.29 is 10.2 Å². The average Bonchev–Trinajstić information content (AvgIpc) is 2.48. The van der Waals surface area contributed by atoms with Gasteiger partial charge in [-0.2, -0.15) is 0 Å². The second-order valence-corrected chi connectivity index (χ2v) is 4.54. The lowest BCUT2D eigenvalue weighted by Crippen LogP contribution is -2.33. The molecule has 0 heterocycles. The third kappa shape index (κ3) is 4.09. The van der Waals surface area contributed by atoms with Crippen LogP contribution in [0.1, 0.15) is 5.56 Å². The second kappa shape index (κ2) is 6.92. The van der Waals surface area contributed by atoms with E-state index in [1.807, 2.05) is 48.5 Å². The van der Waals surface area contributed by atoms with Gasteiger partial charge in [-0.1, -0.05) is 48.5 Å². The third-order valence-electron chi connectivity index (χ3n) is 2.98. The summed E-state index contributed by atoms with van der Waals surface area (Å²) in [5, 5.41) is 18.7. The summed E-state index contributed by atoms with van der Waals surface area (Å²) >= 11 is 0. The summed E-state index contributed by atoms with van der Waals surface area (Å²) < 4.78 is 0. The van der Waals surface area contributed by atoms with Crippen LogP contribution in [0.25, 0.3) is 0 Å². The highest BCUT2D eigenvalue weighted by molar-refractivity contribution is 5.46. The first-order valence-electron chi connectivity index (χ1n) is 6.42. The molecule has 0 unspecified atom stereocenters. The van der Waals surface area contributed by atoms with Gasteiger partial charge < -0.3 is 15.1 Å². The predicted octanol–water partition coefficient (Wildman–Crippen LogP) is 2.05. The van der Waals surface area contributed by atoms with E-state index in [1.165, 1.54) is 5.56 Å². The van der Waals surface area contributed by atoms with Crippen LogP contribution in [0, 0.1) is 0 Å². The fraction of sp³-hybridized carbons (Fsp3) is 0.250. The first-order valence-corrected chi connectivity index (χ1v) is 6.42. The molecular formula is C16H19NO2. The van der Waals surface area contributed by atoms with Crippen molar-refractivity contribution in [1.82, 2.24) is 0 Å². The van der Waals surface area contributed by atoms with Gasteiger partial charge in [-0.05, 0) is 17.7 Å². The summed E-state index contributed by atoms with van der Waals surface area (Å²) in [7, 11) is 0. The smallest absolute Gasteiger partial charge is 0.0945 e. The monoisotopic (exact) mass is 257 g/mol. The van der Waals surface area contributed by atoms with E-state index < -0.39 is 6.10 Å². The Morgan fingerprint density at radius 1 is 0.895 bits per heavy atom. The number of aliphatic hydroxyl groups is 2. The van der Waals surface area contributed by atoms with Gasteiger partial charge >= 0.3 is 0 Å². The Balaban J connectivity index is 2.15. The molecule has 1 atom stereocenters. The molecule has 0 spiro atoms. The zero-order chi connectivity index (χ0) is 13.5. The minimum atomic E-state index is -0.732. The van der Waals surface area contributed by atoms with Crippen molar-refractivity contribution in [2.75, 3.05) is 18.1 Å². The third-order valence-corrected chi connectivity index (χ3v) is 2.98. The number of hydrogen-bond donors (Lipinski definition) is 2. The number of hydrogen-bond acceptors (Lipinski definition) is 3. The largest absolute Gasteiger partial charge is 0.394 e. The number of anilines is 1. The molecule has 0 radical (unpaired) electrons. The molecule has 3 heteroatoms. The van der Waals surface area contributed by atoms with Crippen molar-refractivity contribution in [3.8, 4) is 0 Å². The van der Waals surface area contributed by atoms with Crippen LogP contribution >= 0.6 is 0 Å². The van der Waals surface area contributed by atoms with Crippen molar-refractivity contribution in [2.24, 2.45) is 0 Å². The lowest BCUT2D eigenvalue weighted by Gasteiger charge is -2.27. The highest BCUT2D eigenvalue weighted by Gasteiger charge is 2.12. The molecule has 0 bridgehead atoms. The standard InChI is InChI=1S/C16H19NO2/c18-13-16(19)12-17(15-9-5-2-6-10-15)11-14-7-3-1-4-8-14/h1-10,16,18-19H,11-13H2/t16-/m1/s1. The van der Waals surface area contributed by atoms with Gasteiger partial charge in [-0.25, -0.2) is 0 Å². The first kappa shape index (κ1) is 13.6. The van der Waals surface area contributed by atoms with Crippen LogP contribution in [-0.2, 0) is 6.54 Å². The molecule has 19 heavy (non-hydrogen) atoms. The van der Waals surface area contributed by atoms with Crippen LogP contribution in [-0.4, -0.2) is 29.5 Å². The number of para-hydroxylation sites is 1. The van der Waals surface area contributed by atoms with Crippen molar-refractivity contribution >= 4 is 5.69 Å². The minimum absolute atomic E-state index is 0.224. The molecule has 3 nitrogen and oxygen atoms in total. The van der Waals surface area contributed by atoms with Gasteiger partial charge in [0.1, 0.15) is 0 Å². The molecular weight excluding hydrogens is 238 g/mol. The lowest BCUT2D eigenvalue weighted by atomic mass is 10.2. The van der Waals surface area contributed by atoms with E-state index in [2.05, 4.69) is 17.0 Å². The molecule has 0 fully saturated rings. The molecule has 2 aromatic carbocycles. The maximum atomic E-state index is 9.68. The SMILES string of the molecule is OC[C@H](O)CN(Cc1ccccc1)c1ccccc1. The maximum Gasteiger partial charge on any atom is 0.0945 e. The van der Waals surface area contributed by atoms with Crippen LogP contribution in [0.5, 0.6) is 0 Å². The van der Waals surface area contributed by atoms with Gasteiger partial charge in [0.2, 0.25) is 0 Å². The molecule has 2 N–H and O–H groups in total. The molecule has 0 aliphatic carbocycles. The number of nitrogens with zero attached hydrogens (tertiary/aromatic N) is 1. The fourth-order valence-electron chi connectivity index (χ4n) is 2.02. The van der Waals surface area contributed by atoms with E-state index >= 15 is 0 Å². The summed E-state index contributed by atoms with van der Waals surface area (Å²) in [5.74, 6) is 0. The van der Waals surface area contributed by atoms with E-state index in [0.717, 1.165) is 5.69 Å². The van der Waals surface area contributed by atoms with Gasteiger partial charge in [0, 0.05) is 18.8 Å². The number of benzene rings is 2. The number of aliphatic hydroxyl groups excluding tert-OH is 2. The Morgan fingerprint density at radius 2 is 1.47 bits per heavy atom. The summed E-state index contributed by atoms with van der Waals surface area (Å²) in [5.41, 5.74) is 2.22. The highest BCUT2D eigenvalue weighted by atomic mass is 16.3. The van der Waals surface area contributed by atoms with E-state index in [-0.39, 0.29) is 6.61 Å². The maximum absolute atomic E-state index is 9.68. The minimum Gasteiger partial charge on any atom is -0.394 e. The Labute approximate surface area is 113 Å². The van der Waals surface area contributed by atoms with Crippen LogP contribution in [0.4, 0.5) is 5.69 Å². The van der Waals surface area contributed by atoms with Gasteiger partial charge in [0.15, 0.2) is 0 Å². The van der Waals surface area contributed by atoms with Crippen molar-refractivity contribution in [2.45, 2.75) is 12.6 Å². The molecule has 0 aliphatic rings. The van der Waals surface area contributed by atoms with Gasteiger partial charge in [-0.15, -0.1) is 0 Å². The zero-order valence-corrected chi connectivity index (χ0v) is 10.8. The van der Waals surface area contributed by atoms with Crippen molar-refractivity contribution in [3.05, 3.63) is 66.2 Å². The molecule has 0 amide bonds. The van der Waals surface area contributed by atoms with Crippen molar-refractivity contribution in [3.63, 3.8) is 0 Å².